The molecule has 0 amide bonds. The van der Waals surface area contributed by atoms with Crippen LogP contribution >= 0.6 is 11.8 Å². The number of aromatic nitrogens is 2. The molecular formula is C17H23N3O6S3. The van der Waals surface area contributed by atoms with Crippen LogP contribution in [0.1, 0.15) is 12.3 Å². The fourth-order valence-electron chi connectivity index (χ4n) is 2.87. The number of sulfone groups is 1. The Kier molecular flexibility index (Phi) is 6.87. The predicted octanol–water partition coefficient (Wildman–Crippen LogP) is 1.47. The normalized spacial score (nSPS) is 18.9. The number of hydrogen-bond acceptors (Lipinski definition) is 9. The van der Waals surface area contributed by atoms with Crippen molar-refractivity contribution in [1.82, 2.24) is 14.5 Å². The summed E-state index contributed by atoms with van der Waals surface area (Å²) in [5, 5.41) is 8.36. The van der Waals surface area contributed by atoms with E-state index in [4.69, 9.17) is 9.15 Å². The van der Waals surface area contributed by atoms with Gasteiger partial charge in [0.1, 0.15) is 5.75 Å². The average Bonchev–Trinajstić information content (AvgIpc) is 3.25. The molecule has 1 atom stereocenters. The molecule has 0 bridgehead atoms. The first kappa shape index (κ1) is 22.1. The molecule has 0 N–H and O–H groups in total. The molecule has 0 saturated carbocycles. The number of sulfonamides is 1. The lowest BCUT2D eigenvalue weighted by molar-refractivity contribution is 0.342. The Morgan fingerprint density at radius 3 is 2.59 bits per heavy atom. The minimum absolute atomic E-state index is 0.0425. The van der Waals surface area contributed by atoms with E-state index < -0.39 is 19.9 Å². The molecule has 0 spiro atoms. The summed E-state index contributed by atoms with van der Waals surface area (Å²) in [5.74, 6) is 2.04. The quantitative estimate of drug-likeness (QED) is 0.404. The summed E-state index contributed by atoms with van der Waals surface area (Å²) in [6.07, 6.45) is 1.11. The molecule has 2 heterocycles. The van der Waals surface area contributed by atoms with Crippen molar-refractivity contribution in [3.63, 3.8) is 0 Å². The van der Waals surface area contributed by atoms with Crippen molar-refractivity contribution >= 4 is 31.6 Å². The minimum Gasteiger partial charge on any atom is -0.493 e. The van der Waals surface area contributed by atoms with Crippen molar-refractivity contribution in [3.8, 4) is 5.75 Å². The molecular weight excluding hydrogens is 438 g/mol. The summed E-state index contributed by atoms with van der Waals surface area (Å²) >= 11 is 1.34. The van der Waals surface area contributed by atoms with E-state index in [9.17, 15) is 16.8 Å². The van der Waals surface area contributed by atoms with Gasteiger partial charge in [-0.25, -0.2) is 21.1 Å². The SMILES string of the molecule is CN(C)S(=O)(=O)c1ccc(OCCSc2nnc(CC3CCS(=O)(=O)C3)o2)cc1. The van der Waals surface area contributed by atoms with Crippen LogP contribution in [0.5, 0.6) is 5.75 Å². The summed E-state index contributed by atoms with van der Waals surface area (Å²) in [7, 11) is -3.41. The first-order chi connectivity index (χ1) is 13.7. The van der Waals surface area contributed by atoms with E-state index in [0.29, 0.717) is 42.1 Å². The van der Waals surface area contributed by atoms with Crippen LogP contribution in [0, 0.1) is 5.92 Å². The molecule has 9 nitrogen and oxygen atoms in total. The molecule has 12 heteroatoms. The van der Waals surface area contributed by atoms with Crippen LogP contribution < -0.4 is 4.74 Å². The number of ether oxygens (including phenoxy) is 1. The molecule has 2 aromatic rings. The number of nitrogens with zero attached hydrogens (tertiary/aromatic N) is 3. The van der Waals surface area contributed by atoms with Crippen molar-refractivity contribution < 1.29 is 26.0 Å². The highest BCUT2D eigenvalue weighted by molar-refractivity contribution is 7.99. The zero-order valence-electron chi connectivity index (χ0n) is 16.1. The zero-order chi connectivity index (χ0) is 21.1. The fraction of sp³-hybridized carbons (Fsp3) is 0.529. The number of rotatable bonds is 9. The van der Waals surface area contributed by atoms with Gasteiger partial charge in [0.15, 0.2) is 9.84 Å². The number of benzene rings is 1. The maximum Gasteiger partial charge on any atom is 0.276 e. The monoisotopic (exact) mass is 461 g/mol. The van der Waals surface area contributed by atoms with Crippen molar-refractivity contribution in [2.75, 3.05) is 38.0 Å². The molecule has 1 saturated heterocycles. The van der Waals surface area contributed by atoms with E-state index in [0.717, 1.165) is 4.31 Å². The summed E-state index contributed by atoms with van der Waals surface area (Å²) in [5.41, 5.74) is 0. The van der Waals surface area contributed by atoms with Gasteiger partial charge >= 0.3 is 0 Å². The third kappa shape index (κ3) is 5.93. The van der Waals surface area contributed by atoms with E-state index in [2.05, 4.69) is 10.2 Å². The van der Waals surface area contributed by atoms with Gasteiger partial charge in [0.05, 0.1) is 23.0 Å². The maximum atomic E-state index is 12.0. The fourth-order valence-corrected chi connectivity index (χ4v) is 6.22. The highest BCUT2D eigenvalue weighted by Crippen LogP contribution is 2.24. The van der Waals surface area contributed by atoms with Gasteiger partial charge in [-0.1, -0.05) is 11.8 Å². The van der Waals surface area contributed by atoms with Crippen molar-refractivity contribution in [3.05, 3.63) is 30.2 Å². The summed E-state index contributed by atoms with van der Waals surface area (Å²) in [6.45, 7) is 0.378. The lowest BCUT2D eigenvalue weighted by Gasteiger charge is -2.11. The van der Waals surface area contributed by atoms with Crippen molar-refractivity contribution in [1.29, 1.82) is 0 Å². The van der Waals surface area contributed by atoms with E-state index in [-0.39, 0.29) is 22.3 Å². The smallest absolute Gasteiger partial charge is 0.276 e. The van der Waals surface area contributed by atoms with Gasteiger partial charge in [0.2, 0.25) is 15.9 Å². The lowest BCUT2D eigenvalue weighted by Crippen LogP contribution is -2.22. The Morgan fingerprint density at radius 2 is 1.97 bits per heavy atom. The summed E-state index contributed by atoms with van der Waals surface area (Å²) in [6, 6.07) is 6.24. The highest BCUT2D eigenvalue weighted by Gasteiger charge is 2.29. The van der Waals surface area contributed by atoms with Gasteiger partial charge in [-0.3, -0.25) is 0 Å². The molecule has 3 rings (SSSR count). The molecule has 1 fully saturated rings. The third-order valence-electron chi connectivity index (χ3n) is 4.42. The Morgan fingerprint density at radius 1 is 1.24 bits per heavy atom. The van der Waals surface area contributed by atoms with Crippen LogP contribution in [0.4, 0.5) is 0 Å². The molecule has 160 valence electrons. The zero-order valence-corrected chi connectivity index (χ0v) is 18.6. The van der Waals surface area contributed by atoms with Crippen LogP contribution in [-0.4, -0.2) is 69.3 Å². The maximum absolute atomic E-state index is 12.0. The molecule has 0 aliphatic carbocycles. The Labute approximate surface area is 174 Å². The van der Waals surface area contributed by atoms with Crippen LogP contribution in [0.3, 0.4) is 0 Å². The third-order valence-corrected chi connectivity index (χ3v) is 8.87. The van der Waals surface area contributed by atoms with E-state index in [1.54, 1.807) is 12.1 Å². The van der Waals surface area contributed by atoms with Gasteiger partial charge in [-0.2, -0.15) is 0 Å². The van der Waals surface area contributed by atoms with Crippen molar-refractivity contribution in [2.24, 2.45) is 5.92 Å². The molecule has 1 aliphatic heterocycles. The largest absolute Gasteiger partial charge is 0.493 e. The molecule has 29 heavy (non-hydrogen) atoms. The minimum atomic E-state index is -3.46. The first-order valence-electron chi connectivity index (χ1n) is 8.97. The number of hydrogen-bond donors (Lipinski definition) is 0. The molecule has 1 aromatic carbocycles. The summed E-state index contributed by atoms with van der Waals surface area (Å²) in [4.78, 5) is 0.206. The van der Waals surface area contributed by atoms with Gasteiger partial charge in [-0.05, 0) is 36.6 Å². The number of thioether (sulfide) groups is 1. The second kappa shape index (κ2) is 9.02. The van der Waals surface area contributed by atoms with Crippen molar-refractivity contribution in [2.45, 2.75) is 23.0 Å². The molecule has 0 radical (unpaired) electrons. The Bertz CT molecular complexity index is 1030. The van der Waals surface area contributed by atoms with E-state index >= 15 is 0 Å². The van der Waals surface area contributed by atoms with E-state index in [1.165, 1.54) is 38.0 Å². The summed E-state index contributed by atoms with van der Waals surface area (Å²) < 4.78 is 59.4. The van der Waals surface area contributed by atoms with Gasteiger partial charge in [0, 0.05) is 26.3 Å². The van der Waals surface area contributed by atoms with E-state index in [1.807, 2.05) is 0 Å². The van der Waals surface area contributed by atoms with Crippen LogP contribution in [0.15, 0.2) is 38.8 Å². The second-order valence-electron chi connectivity index (χ2n) is 6.89. The van der Waals surface area contributed by atoms with Crippen LogP contribution in [0.2, 0.25) is 0 Å². The van der Waals surface area contributed by atoms with Gasteiger partial charge in [-0.15, -0.1) is 10.2 Å². The highest BCUT2D eigenvalue weighted by atomic mass is 32.2. The van der Waals surface area contributed by atoms with Gasteiger partial charge < -0.3 is 9.15 Å². The average molecular weight is 462 g/mol. The predicted molar refractivity (Wildman–Crippen MR) is 108 cm³/mol. The standard InChI is InChI=1S/C17H23N3O6S3/c1-20(2)29(23,24)15-5-3-14(4-6-15)25-8-9-27-17-19-18-16(26-17)11-13-7-10-28(21,22)12-13/h3-6,13H,7-12H2,1-2H3. The topological polar surface area (TPSA) is 120 Å². The Hall–Kier alpha value is -1.63. The Balaban J connectivity index is 1.42. The van der Waals surface area contributed by atoms with Gasteiger partial charge in [0.25, 0.3) is 5.22 Å². The lowest BCUT2D eigenvalue weighted by atomic mass is 10.1. The second-order valence-corrected chi connectivity index (χ2v) is 12.3. The van der Waals surface area contributed by atoms with Crippen LogP contribution in [0.25, 0.3) is 0 Å². The first-order valence-corrected chi connectivity index (χ1v) is 13.2. The molecule has 1 aliphatic rings. The van der Waals surface area contributed by atoms with Crippen LogP contribution in [-0.2, 0) is 26.3 Å². The molecule has 1 aromatic heterocycles. The molecule has 1 unspecified atom stereocenters.